The van der Waals surface area contributed by atoms with Crippen LogP contribution in [-0.2, 0) is 4.79 Å². The maximum atomic E-state index is 12.6. The van der Waals surface area contributed by atoms with E-state index in [4.69, 9.17) is 4.74 Å². The van der Waals surface area contributed by atoms with Gasteiger partial charge in [0.2, 0.25) is 0 Å². The standard InChI is InChI=1S/C29H33N3O3/c1-3-22(2)23-9-15-27(16-10-23)35-21-28(33)30-25-11-13-26(14-12-25)31-17-19-32(20-18-31)29(34)24-7-5-4-6-8-24/h4-16,22H,3,17-21H2,1-2H3,(H,30,33). The van der Waals surface area contributed by atoms with Crippen molar-refractivity contribution in [2.24, 2.45) is 0 Å². The van der Waals surface area contributed by atoms with Gasteiger partial charge in [0.1, 0.15) is 5.75 Å². The Morgan fingerprint density at radius 3 is 2.17 bits per heavy atom. The second-order valence-electron chi connectivity index (χ2n) is 8.91. The molecular weight excluding hydrogens is 438 g/mol. The summed E-state index contributed by atoms with van der Waals surface area (Å²) in [6.45, 7) is 7.23. The molecule has 1 heterocycles. The summed E-state index contributed by atoms with van der Waals surface area (Å²) in [7, 11) is 0. The van der Waals surface area contributed by atoms with Gasteiger partial charge in [-0.15, -0.1) is 0 Å². The fraction of sp³-hybridized carbons (Fsp3) is 0.310. The van der Waals surface area contributed by atoms with E-state index < -0.39 is 0 Å². The number of carbonyl (C=O) groups excluding carboxylic acids is 2. The number of nitrogens with zero attached hydrogens (tertiary/aromatic N) is 2. The van der Waals surface area contributed by atoms with Crippen molar-refractivity contribution in [2.45, 2.75) is 26.2 Å². The zero-order valence-electron chi connectivity index (χ0n) is 20.4. The van der Waals surface area contributed by atoms with Crippen LogP contribution in [0.5, 0.6) is 5.75 Å². The van der Waals surface area contributed by atoms with Crippen molar-refractivity contribution in [3.05, 3.63) is 90.0 Å². The molecule has 6 nitrogen and oxygen atoms in total. The molecule has 0 aliphatic carbocycles. The summed E-state index contributed by atoms with van der Waals surface area (Å²) in [6, 6.07) is 25.1. The number of amides is 2. The number of nitrogens with one attached hydrogen (secondary N) is 1. The molecule has 3 aromatic rings. The number of piperazine rings is 1. The largest absolute Gasteiger partial charge is 0.484 e. The summed E-state index contributed by atoms with van der Waals surface area (Å²) in [5.41, 5.74) is 3.81. The first-order valence-corrected chi connectivity index (χ1v) is 12.3. The Kier molecular flexibility index (Phi) is 8.03. The lowest BCUT2D eigenvalue weighted by Crippen LogP contribution is -2.48. The summed E-state index contributed by atoms with van der Waals surface area (Å²) in [5.74, 6) is 1.08. The topological polar surface area (TPSA) is 61.9 Å². The molecule has 1 saturated heterocycles. The fourth-order valence-corrected chi connectivity index (χ4v) is 4.16. The van der Waals surface area contributed by atoms with Crippen LogP contribution in [0.25, 0.3) is 0 Å². The van der Waals surface area contributed by atoms with Gasteiger partial charge in [-0.2, -0.15) is 0 Å². The molecular formula is C29H33N3O3. The Labute approximate surface area is 207 Å². The summed E-state index contributed by atoms with van der Waals surface area (Å²) < 4.78 is 5.64. The number of carbonyl (C=O) groups is 2. The van der Waals surface area contributed by atoms with Gasteiger partial charge in [-0.3, -0.25) is 9.59 Å². The van der Waals surface area contributed by atoms with Gasteiger partial charge in [0, 0.05) is 43.1 Å². The number of anilines is 2. The molecule has 6 heteroatoms. The molecule has 1 aliphatic rings. The third-order valence-corrected chi connectivity index (χ3v) is 6.54. The number of hydrogen-bond acceptors (Lipinski definition) is 4. The Bertz CT molecular complexity index is 1110. The zero-order chi connectivity index (χ0) is 24.6. The van der Waals surface area contributed by atoms with Crippen molar-refractivity contribution in [1.82, 2.24) is 4.90 Å². The molecule has 4 rings (SSSR count). The predicted molar refractivity (Wildman–Crippen MR) is 140 cm³/mol. The lowest BCUT2D eigenvalue weighted by Gasteiger charge is -2.36. The highest BCUT2D eigenvalue weighted by Gasteiger charge is 2.22. The molecule has 0 spiro atoms. The van der Waals surface area contributed by atoms with Gasteiger partial charge in [0.25, 0.3) is 11.8 Å². The molecule has 1 unspecified atom stereocenters. The molecule has 1 atom stereocenters. The second-order valence-corrected chi connectivity index (χ2v) is 8.91. The maximum Gasteiger partial charge on any atom is 0.262 e. The van der Waals surface area contributed by atoms with Gasteiger partial charge in [-0.05, 0) is 66.4 Å². The highest BCUT2D eigenvalue weighted by molar-refractivity contribution is 5.94. The van der Waals surface area contributed by atoms with Crippen molar-refractivity contribution in [1.29, 1.82) is 0 Å². The van der Waals surface area contributed by atoms with E-state index in [9.17, 15) is 9.59 Å². The van der Waals surface area contributed by atoms with Gasteiger partial charge in [0.05, 0.1) is 0 Å². The molecule has 182 valence electrons. The Hall–Kier alpha value is -3.80. The van der Waals surface area contributed by atoms with E-state index in [0.717, 1.165) is 36.4 Å². The minimum Gasteiger partial charge on any atom is -0.484 e. The van der Waals surface area contributed by atoms with E-state index in [1.54, 1.807) is 0 Å². The predicted octanol–water partition coefficient (Wildman–Crippen LogP) is 5.18. The van der Waals surface area contributed by atoms with Gasteiger partial charge in [0.15, 0.2) is 6.61 Å². The molecule has 0 aromatic heterocycles. The highest BCUT2D eigenvalue weighted by Crippen LogP contribution is 2.22. The third-order valence-electron chi connectivity index (χ3n) is 6.54. The van der Waals surface area contributed by atoms with E-state index in [2.05, 4.69) is 36.2 Å². The molecule has 2 amide bonds. The average Bonchev–Trinajstić information content (AvgIpc) is 2.92. The van der Waals surface area contributed by atoms with Crippen molar-refractivity contribution in [2.75, 3.05) is 43.0 Å². The van der Waals surface area contributed by atoms with Crippen LogP contribution >= 0.6 is 0 Å². The molecule has 1 fully saturated rings. The lowest BCUT2D eigenvalue weighted by atomic mass is 9.99. The Morgan fingerprint density at radius 1 is 0.886 bits per heavy atom. The summed E-state index contributed by atoms with van der Waals surface area (Å²) in [4.78, 5) is 29.1. The molecule has 1 N–H and O–H groups in total. The van der Waals surface area contributed by atoms with Crippen LogP contribution in [0.1, 0.15) is 42.1 Å². The molecule has 35 heavy (non-hydrogen) atoms. The van der Waals surface area contributed by atoms with Crippen molar-refractivity contribution < 1.29 is 14.3 Å². The third kappa shape index (κ3) is 6.41. The van der Waals surface area contributed by atoms with Gasteiger partial charge in [-0.1, -0.05) is 44.2 Å². The fourth-order valence-electron chi connectivity index (χ4n) is 4.16. The Morgan fingerprint density at radius 2 is 1.54 bits per heavy atom. The zero-order valence-corrected chi connectivity index (χ0v) is 20.4. The quantitative estimate of drug-likeness (QED) is 0.492. The summed E-state index contributed by atoms with van der Waals surface area (Å²) in [6.07, 6.45) is 1.09. The van der Waals surface area contributed by atoms with Crippen LogP contribution in [0.2, 0.25) is 0 Å². The molecule has 0 radical (unpaired) electrons. The SMILES string of the molecule is CCC(C)c1ccc(OCC(=O)Nc2ccc(N3CCN(C(=O)c4ccccc4)CC3)cc2)cc1. The van der Waals surface area contributed by atoms with Crippen LogP contribution in [0, 0.1) is 0 Å². The minimum atomic E-state index is -0.197. The van der Waals surface area contributed by atoms with Gasteiger partial charge >= 0.3 is 0 Å². The van der Waals surface area contributed by atoms with E-state index in [-0.39, 0.29) is 18.4 Å². The summed E-state index contributed by atoms with van der Waals surface area (Å²) >= 11 is 0. The van der Waals surface area contributed by atoms with E-state index >= 15 is 0 Å². The van der Waals surface area contributed by atoms with Gasteiger partial charge < -0.3 is 19.9 Å². The molecule has 3 aromatic carbocycles. The van der Waals surface area contributed by atoms with Crippen molar-refractivity contribution >= 4 is 23.2 Å². The van der Waals surface area contributed by atoms with E-state index in [0.29, 0.717) is 24.8 Å². The second kappa shape index (κ2) is 11.6. The van der Waals surface area contributed by atoms with E-state index in [1.165, 1.54) is 5.56 Å². The van der Waals surface area contributed by atoms with Crippen molar-refractivity contribution in [3.8, 4) is 5.75 Å². The van der Waals surface area contributed by atoms with Crippen LogP contribution < -0.4 is 15.0 Å². The summed E-state index contributed by atoms with van der Waals surface area (Å²) in [5, 5.41) is 2.89. The first-order valence-electron chi connectivity index (χ1n) is 12.3. The normalized spacial score (nSPS) is 14.3. The highest BCUT2D eigenvalue weighted by atomic mass is 16.5. The van der Waals surface area contributed by atoms with Crippen molar-refractivity contribution in [3.63, 3.8) is 0 Å². The monoisotopic (exact) mass is 471 g/mol. The molecule has 0 bridgehead atoms. The average molecular weight is 472 g/mol. The molecule has 0 saturated carbocycles. The maximum absolute atomic E-state index is 12.6. The van der Waals surface area contributed by atoms with Crippen LogP contribution in [-0.4, -0.2) is 49.5 Å². The number of ether oxygens (including phenoxy) is 1. The number of benzene rings is 3. The lowest BCUT2D eigenvalue weighted by molar-refractivity contribution is -0.118. The minimum absolute atomic E-state index is 0.0398. The van der Waals surface area contributed by atoms with E-state index in [1.807, 2.05) is 71.6 Å². The number of hydrogen-bond donors (Lipinski definition) is 1. The molecule has 1 aliphatic heterocycles. The first-order chi connectivity index (χ1) is 17.0. The number of rotatable bonds is 8. The Balaban J connectivity index is 1.23. The van der Waals surface area contributed by atoms with Crippen LogP contribution in [0.15, 0.2) is 78.9 Å². The van der Waals surface area contributed by atoms with Crippen LogP contribution in [0.3, 0.4) is 0 Å². The van der Waals surface area contributed by atoms with Gasteiger partial charge in [-0.25, -0.2) is 0 Å². The van der Waals surface area contributed by atoms with Crippen LogP contribution in [0.4, 0.5) is 11.4 Å². The smallest absolute Gasteiger partial charge is 0.262 e. The first kappa shape index (κ1) is 24.3.